The van der Waals surface area contributed by atoms with E-state index >= 15 is 0 Å². The SMILES string of the molecule is Cc1cc(-c2ccccc2)ccc1-n1c(=O)n([C@@H]2CCNC2)c2ncccc21. The van der Waals surface area contributed by atoms with Crippen LogP contribution in [0.15, 0.2) is 71.7 Å². The fraction of sp³-hybridized carbons (Fsp3) is 0.217. The van der Waals surface area contributed by atoms with Gasteiger partial charge in [-0.15, -0.1) is 0 Å². The lowest BCUT2D eigenvalue weighted by Crippen LogP contribution is -2.28. The summed E-state index contributed by atoms with van der Waals surface area (Å²) in [6.07, 6.45) is 2.71. The van der Waals surface area contributed by atoms with Crippen molar-refractivity contribution in [1.82, 2.24) is 19.4 Å². The van der Waals surface area contributed by atoms with Crippen LogP contribution in [0.4, 0.5) is 0 Å². The molecule has 4 aromatic rings. The van der Waals surface area contributed by atoms with Crippen molar-refractivity contribution in [2.24, 2.45) is 0 Å². The zero-order chi connectivity index (χ0) is 19.1. The molecule has 2 aromatic heterocycles. The first kappa shape index (κ1) is 17.0. The lowest BCUT2D eigenvalue weighted by atomic mass is 10.0. The monoisotopic (exact) mass is 370 g/mol. The van der Waals surface area contributed by atoms with Crippen LogP contribution >= 0.6 is 0 Å². The Kier molecular flexibility index (Phi) is 4.10. The first-order valence-electron chi connectivity index (χ1n) is 9.69. The third-order valence-electron chi connectivity index (χ3n) is 5.58. The molecule has 2 aromatic carbocycles. The Morgan fingerprint density at radius 2 is 1.89 bits per heavy atom. The van der Waals surface area contributed by atoms with Gasteiger partial charge >= 0.3 is 5.69 Å². The van der Waals surface area contributed by atoms with Crippen LogP contribution in [0.3, 0.4) is 0 Å². The minimum atomic E-state index is -0.0158. The normalized spacial score (nSPS) is 16.7. The number of hydrogen-bond donors (Lipinski definition) is 1. The Morgan fingerprint density at radius 3 is 2.64 bits per heavy atom. The predicted molar refractivity (Wildman–Crippen MR) is 112 cm³/mol. The molecule has 0 amide bonds. The third kappa shape index (κ3) is 2.67. The summed E-state index contributed by atoms with van der Waals surface area (Å²) in [5.41, 5.74) is 5.89. The Morgan fingerprint density at radius 1 is 1.04 bits per heavy atom. The lowest BCUT2D eigenvalue weighted by molar-refractivity contribution is 0.537. The van der Waals surface area contributed by atoms with Crippen LogP contribution in [-0.2, 0) is 0 Å². The van der Waals surface area contributed by atoms with E-state index in [1.54, 1.807) is 6.20 Å². The maximum Gasteiger partial charge on any atom is 0.335 e. The van der Waals surface area contributed by atoms with Gasteiger partial charge in [-0.2, -0.15) is 0 Å². The van der Waals surface area contributed by atoms with E-state index in [4.69, 9.17) is 0 Å². The van der Waals surface area contributed by atoms with Crippen molar-refractivity contribution in [3.05, 3.63) is 82.9 Å². The van der Waals surface area contributed by atoms with Crippen LogP contribution in [0.5, 0.6) is 0 Å². The molecule has 1 saturated heterocycles. The largest absolute Gasteiger partial charge is 0.335 e. The van der Waals surface area contributed by atoms with E-state index in [-0.39, 0.29) is 11.7 Å². The highest BCUT2D eigenvalue weighted by molar-refractivity contribution is 5.75. The van der Waals surface area contributed by atoms with Gasteiger partial charge in [-0.05, 0) is 60.8 Å². The summed E-state index contributed by atoms with van der Waals surface area (Å²) >= 11 is 0. The summed E-state index contributed by atoms with van der Waals surface area (Å²) in [5.74, 6) is 0. The van der Waals surface area contributed by atoms with Crippen LogP contribution in [0.25, 0.3) is 28.0 Å². The molecule has 5 nitrogen and oxygen atoms in total. The van der Waals surface area contributed by atoms with E-state index in [0.717, 1.165) is 47.5 Å². The molecular formula is C23H22N4O. The van der Waals surface area contributed by atoms with Gasteiger partial charge in [0.1, 0.15) is 0 Å². The number of nitrogens with one attached hydrogen (secondary N) is 1. The molecule has 140 valence electrons. The molecule has 0 bridgehead atoms. The minimum Gasteiger partial charge on any atom is -0.315 e. The van der Waals surface area contributed by atoms with Crippen LogP contribution in [0.2, 0.25) is 0 Å². The van der Waals surface area contributed by atoms with Gasteiger partial charge in [-0.25, -0.2) is 9.78 Å². The average Bonchev–Trinajstić information content (AvgIpc) is 3.34. The Hall–Kier alpha value is -3.18. The number of aromatic nitrogens is 3. The van der Waals surface area contributed by atoms with Crippen LogP contribution in [0.1, 0.15) is 18.0 Å². The zero-order valence-corrected chi connectivity index (χ0v) is 15.8. The van der Waals surface area contributed by atoms with E-state index in [0.29, 0.717) is 0 Å². The zero-order valence-electron chi connectivity index (χ0n) is 15.8. The highest BCUT2D eigenvalue weighted by Crippen LogP contribution is 2.27. The van der Waals surface area contributed by atoms with Gasteiger partial charge in [0.2, 0.25) is 0 Å². The number of fused-ring (bicyclic) bond motifs is 1. The molecule has 5 heteroatoms. The molecular weight excluding hydrogens is 348 g/mol. The Bertz CT molecular complexity index is 1200. The lowest BCUT2D eigenvalue weighted by Gasteiger charge is -2.11. The predicted octanol–water partition coefficient (Wildman–Crippen LogP) is 3.70. The summed E-state index contributed by atoms with van der Waals surface area (Å²) in [4.78, 5) is 18.0. The Labute approximate surface area is 163 Å². The first-order chi connectivity index (χ1) is 13.7. The maximum atomic E-state index is 13.4. The molecule has 0 radical (unpaired) electrons. The number of hydrogen-bond acceptors (Lipinski definition) is 3. The van der Waals surface area contributed by atoms with Crippen molar-refractivity contribution < 1.29 is 0 Å². The topological polar surface area (TPSA) is 51.9 Å². The summed E-state index contributed by atoms with van der Waals surface area (Å²) in [6.45, 7) is 3.80. The Balaban J connectivity index is 1.70. The van der Waals surface area contributed by atoms with Crippen LogP contribution < -0.4 is 11.0 Å². The van der Waals surface area contributed by atoms with Crippen molar-refractivity contribution in [1.29, 1.82) is 0 Å². The van der Waals surface area contributed by atoms with Gasteiger partial charge in [0.05, 0.1) is 17.2 Å². The third-order valence-corrected chi connectivity index (χ3v) is 5.58. The second kappa shape index (κ2) is 6.77. The standard InChI is InChI=1S/C23H22N4O/c1-16-14-18(17-6-3-2-4-7-17)9-10-20(16)27-21-8-5-12-25-22(21)26(23(27)28)19-11-13-24-15-19/h2-10,12,14,19,24H,11,13,15H2,1H3/t19-/m1/s1. The van der Waals surface area contributed by atoms with E-state index in [2.05, 4.69) is 41.5 Å². The number of nitrogens with zero attached hydrogens (tertiary/aromatic N) is 3. The van der Waals surface area contributed by atoms with Crippen molar-refractivity contribution in [3.63, 3.8) is 0 Å². The second-order valence-corrected chi connectivity index (χ2v) is 7.35. The van der Waals surface area contributed by atoms with Gasteiger partial charge in [-0.1, -0.05) is 36.4 Å². The van der Waals surface area contributed by atoms with Crippen molar-refractivity contribution >= 4 is 11.2 Å². The summed E-state index contributed by atoms with van der Waals surface area (Å²) < 4.78 is 3.67. The summed E-state index contributed by atoms with van der Waals surface area (Å²) in [6, 6.07) is 20.6. The molecule has 0 unspecified atom stereocenters. The molecule has 1 aliphatic rings. The molecule has 5 rings (SSSR count). The molecule has 28 heavy (non-hydrogen) atoms. The summed E-state index contributed by atoms with van der Waals surface area (Å²) in [5, 5.41) is 3.35. The van der Waals surface area contributed by atoms with Gasteiger partial charge in [0.25, 0.3) is 0 Å². The van der Waals surface area contributed by atoms with E-state index in [1.807, 2.05) is 45.5 Å². The number of imidazole rings is 1. The summed E-state index contributed by atoms with van der Waals surface area (Å²) in [7, 11) is 0. The van der Waals surface area contributed by atoms with E-state index in [1.165, 1.54) is 5.56 Å². The van der Waals surface area contributed by atoms with Crippen molar-refractivity contribution in [2.45, 2.75) is 19.4 Å². The smallest absolute Gasteiger partial charge is 0.315 e. The number of rotatable bonds is 3. The van der Waals surface area contributed by atoms with Crippen molar-refractivity contribution in [2.75, 3.05) is 13.1 Å². The fourth-order valence-electron chi connectivity index (χ4n) is 4.19. The van der Waals surface area contributed by atoms with E-state index < -0.39 is 0 Å². The van der Waals surface area contributed by atoms with E-state index in [9.17, 15) is 4.79 Å². The van der Waals surface area contributed by atoms with Gasteiger partial charge < -0.3 is 5.32 Å². The van der Waals surface area contributed by atoms with Crippen molar-refractivity contribution in [3.8, 4) is 16.8 Å². The molecule has 0 aliphatic carbocycles. The second-order valence-electron chi connectivity index (χ2n) is 7.35. The van der Waals surface area contributed by atoms with Crippen LogP contribution in [0, 0.1) is 6.92 Å². The quantitative estimate of drug-likeness (QED) is 0.598. The van der Waals surface area contributed by atoms with Gasteiger partial charge in [-0.3, -0.25) is 9.13 Å². The highest BCUT2D eigenvalue weighted by atomic mass is 16.1. The first-order valence-corrected chi connectivity index (χ1v) is 9.69. The number of benzene rings is 2. The molecule has 0 spiro atoms. The molecule has 1 atom stereocenters. The molecule has 3 heterocycles. The van der Waals surface area contributed by atoms with Gasteiger partial charge in [0, 0.05) is 12.7 Å². The van der Waals surface area contributed by atoms with Gasteiger partial charge in [0.15, 0.2) is 5.65 Å². The minimum absolute atomic E-state index is 0.0158. The maximum absolute atomic E-state index is 13.4. The molecule has 1 N–H and O–H groups in total. The highest BCUT2D eigenvalue weighted by Gasteiger charge is 2.25. The fourth-order valence-corrected chi connectivity index (χ4v) is 4.19. The molecule has 1 aliphatic heterocycles. The molecule has 0 saturated carbocycles. The number of pyridine rings is 1. The average molecular weight is 370 g/mol. The molecule has 1 fully saturated rings. The number of aryl methyl sites for hydroxylation is 1. The van der Waals surface area contributed by atoms with Crippen LogP contribution in [-0.4, -0.2) is 27.2 Å².